The van der Waals surface area contributed by atoms with Crippen LogP contribution in [0.2, 0.25) is 0 Å². The zero-order valence-electron chi connectivity index (χ0n) is 28.0. The molecular formula is C37H43N5O7. The molecule has 0 bridgehead atoms. The first-order chi connectivity index (χ1) is 23.8. The summed E-state index contributed by atoms with van der Waals surface area (Å²) >= 11 is 0. The molecule has 3 aliphatic heterocycles. The lowest BCUT2D eigenvalue weighted by molar-refractivity contribution is -0.167. The molecule has 258 valence electrons. The summed E-state index contributed by atoms with van der Waals surface area (Å²) in [6.07, 6.45) is 5.22. The number of H-pyrrole nitrogens is 1. The number of rotatable bonds is 10. The SMILES string of the molecule is CC[C@]12c3[nH]c4cc(-c5ccco5)ccc4c3CCN1C(=O)[C@@H](CC(=O)NCCCOC)C[C@@H]2C(=O)N1CCN(C(=O)c2ccco2)CC1. The van der Waals surface area contributed by atoms with Crippen molar-refractivity contribution < 1.29 is 32.7 Å². The number of hydrogen-bond donors (Lipinski definition) is 2. The fourth-order valence-corrected chi connectivity index (χ4v) is 8.25. The molecule has 0 saturated carbocycles. The van der Waals surface area contributed by atoms with Crippen molar-refractivity contribution in [3.8, 4) is 11.3 Å². The van der Waals surface area contributed by atoms with Crippen LogP contribution in [-0.4, -0.2) is 96.3 Å². The van der Waals surface area contributed by atoms with Gasteiger partial charge < -0.3 is 38.6 Å². The maximum atomic E-state index is 14.8. The molecule has 3 aliphatic rings. The quantitative estimate of drug-likeness (QED) is 0.242. The molecule has 2 saturated heterocycles. The fraction of sp³-hybridized carbons (Fsp3) is 0.459. The van der Waals surface area contributed by atoms with Gasteiger partial charge in [0.25, 0.3) is 5.91 Å². The van der Waals surface area contributed by atoms with Crippen LogP contribution >= 0.6 is 0 Å². The van der Waals surface area contributed by atoms with E-state index in [9.17, 15) is 19.2 Å². The Morgan fingerprint density at radius 1 is 1.02 bits per heavy atom. The van der Waals surface area contributed by atoms with E-state index >= 15 is 0 Å². The third kappa shape index (κ3) is 5.81. The highest BCUT2D eigenvalue weighted by Crippen LogP contribution is 2.52. The molecule has 0 spiro atoms. The van der Waals surface area contributed by atoms with Crippen molar-refractivity contribution in [3.05, 3.63) is 72.0 Å². The Hall–Kier alpha value is -4.84. The van der Waals surface area contributed by atoms with E-state index in [-0.39, 0.29) is 42.2 Å². The number of piperazine rings is 1. The molecule has 6 heterocycles. The van der Waals surface area contributed by atoms with Gasteiger partial charge >= 0.3 is 0 Å². The summed E-state index contributed by atoms with van der Waals surface area (Å²) in [5.74, 6) is -0.737. The number of nitrogens with one attached hydrogen (secondary N) is 2. The monoisotopic (exact) mass is 669 g/mol. The molecule has 2 fully saturated rings. The van der Waals surface area contributed by atoms with Crippen molar-refractivity contribution in [2.45, 2.75) is 44.6 Å². The molecule has 7 rings (SSSR count). The first-order valence-corrected chi connectivity index (χ1v) is 17.2. The van der Waals surface area contributed by atoms with Crippen LogP contribution in [0.15, 0.2) is 63.8 Å². The summed E-state index contributed by atoms with van der Waals surface area (Å²) in [6, 6.07) is 13.3. The highest BCUT2D eigenvalue weighted by atomic mass is 16.5. The van der Waals surface area contributed by atoms with E-state index < -0.39 is 17.4 Å². The Balaban J connectivity index is 1.22. The average molecular weight is 670 g/mol. The van der Waals surface area contributed by atoms with Crippen LogP contribution in [0.5, 0.6) is 0 Å². The van der Waals surface area contributed by atoms with Gasteiger partial charge in [-0.25, -0.2) is 0 Å². The second-order valence-corrected chi connectivity index (χ2v) is 13.2. The van der Waals surface area contributed by atoms with Crippen LogP contribution in [0.1, 0.15) is 54.4 Å². The standard InChI is InChI=1S/C37H43N5O7/c1-3-37-28(35(45)40-14-16-41(17-15-40)36(46)31-8-5-20-49-31)21-25(23-32(43)38-12-6-18-47-2)34(44)42(37)13-11-27-26-10-9-24(30-7-4-19-48-30)22-29(26)39-33(27)37/h4-5,7-10,19-20,22,25,28,39H,3,6,11-18,21,23H2,1-2H3,(H,38,43)/t25-,28-,37+/m1/s1. The van der Waals surface area contributed by atoms with E-state index in [2.05, 4.69) is 22.4 Å². The number of benzene rings is 1. The van der Waals surface area contributed by atoms with Crippen LogP contribution < -0.4 is 5.32 Å². The number of ether oxygens (including phenoxy) is 1. The van der Waals surface area contributed by atoms with E-state index in [1.54, 1.807) is 30.4 Å². The highest BCUT2D eigenvalue weighted by molar-refractivity contribution is 5.94. The predicted octanol–water partition coefficient (Wildman–Crippen LogP) is 4.17. The second kappa shape index (κ2) is 13.6. The van der Waals surface area contributed by atoms with Crippen molar-refractivity contribution in [1.29, 1.82) is 0 Å². The Bertz CT molecular complexity index is 1820. The molecule has 0 radical (unpaired) electrons. The van der Waals surface area contributed by atoms with Gasteiger partial charge in [-0.3, -0.25) is 19.2 Å². The molecule has 1 aromatic carbocycles. The normalized spacial score (nSPS) is 22.2. The van der Waals surface area contributed by atoms with Gasteiger partial charge in [-0.2, -0.15) is 0 Å². The Labute approximate surface area is 284 Å². The molecule has 49 heavy (non-hydrogen) atoms. The summed E-state index contributed by atoms with van der Waals surface area (Å²) in [5.41, 5.74) is 2.96. The predicted molar refractivity (Wildman–Crippen MR) is 180 cm³/mol. The summed E-state index contributed by atoms with van der Waals surface area (Å²) in [6.45, 7) is 4.96. The average Bonchev–Trinajstić information content (AvgIpc) is 3.92. The smallest absolute Gasteiger partial charge is 0.289 e. The van der Waals surface area contributed by atoms with Crippen molar-refractivity contribution in [2.75, 3.05) is 53.0 Å². The zero-order chi connectivity index (χ0) is 34.1. The van der Waals surface area contributed by atoms with Crippen LogP contribution in [0.25, 0.3) is 22.2 Å². The third-order valence-electron chi connectivity index (χ3n) is 10.7. The minimum absolute atomic E-state index is 0.0172. The zero-order valence-corrected chi connectivity index (χ0v) is 28.0. The number of methoxy groups -OCH3 is 1. The molecule has 3 atom stereocenters. The third-order valence-corrected chi connectivity index (χ3v) is 10.7. The summed E-state index contributed by atoms with van der Waals surface area (Å²) in [4.78, 5) is 64.3. The van der Waals surface area contributed by atoms with Crippen molar-refractivity contribution in [1.82, 2.24) is 25.0 Å². The number of carbonyl (C=O) groups is 4. The lowest BCUT2D eigenvalue weighted by Crippen LogP contribution is -2.66. The number of nitrogens with zero attached hydrogens (tertiary/aromatic N) is 3. The van der Waals surface area contributed by atoms with Crippen molar-refractivity contribution in [3.63, 3.8) is 0 Å². The molecule has 2 N–H and O–H groups in total. The minimum atomic E-state index is -0.918. The number of carbonyl (C=O) groups excluding carboxylic acids is 4. The van der Waals surface area contributed by atoms with Crippen molar-refractivity contribution >= 4 is 34.5 Å². The molecule has 0 unspecified atom stereocenters. The van der Waals surface area contributed by atoms with Crippen LogP contribution in [0, 0.1) is 11.8 Å². The number of aromatic nitrogens is 1. The Morgan fingerprint density at radius 3 is 2.51 bits per heavy atom. The van der Waals surface area contributed by atoms with Gasteiger partial charge in [-0.05, 0) is 61.6 Å². The van der Waals surface area contributed by atoms with E-state index in [1.165, 1.54) is 6.26 Å². The fourth-order valence-electron chi connectivity index (χ4n) is 8.25. The van der Waals surface area contributed by atoms with E-state index in [0.717, 1.165) is 33.5 Å². The molecule has 3 aromatic heterocycles. The lowest BCUT2D eigenvalue weighted by Gasteiger charge is -2.56. The van der Waals surface area contributed by atoms with Gasteiger partial charge in [0.05, 0.1) is 24.0 Å². The van der Waals surface area contributed by atoms with Gasteiger partial charge in [-0.1, -0.05) is 19.1 Å². The number of furan rings is 2. The van der Waals surface area contributed by atoms with E-state index in [1.807, 2.05) is 34.9 Å². The maximum Gasteiger partial charge on any atom is 0.289 e. The van der Waals surface area contributed by atoms with Gasteiger partial charge in [0.15, 0.2) is 5.76 Å². The summed E-state index contributed by atoms with van der Waals surface area (Å²) in [7, 11) is 1.62. The van der Waals surface area contributed by atoms with Crippen LogP contribution in [0.4, 0.5) is 0 Å². The number of piperidine rings is 1. The van der Waals surface area contributed by atoms with Gasteiger partial charge in [0.1, 0.15) is 5.76 Å². The topological polar surface area (TPSA) is 141 Å². The molecule has 4 amide bonds. The summed E-state index contributed by atoms with van der Waals surface area (Å²) in [5, 5.41) is 3.99. The van der Waals surface area contributed by atoms with E-state index in [4.69, 9.17) is 13.6 Å². The number of fused-ring (bicyclic) bond motifs is 5. The summed E-state index contributed by atoms with van der Waals surface area (Å²) < 4.78 is 16.1. The van der Waals surface area contributed by atoms with Crippen molar-refractivity contribution in [2.24, 2.45) is 11.8 Å². The molecule has 12 nitrogen and oxygen atoms in total. The van der Waals surface area contributed by atoms with Gasteiger partial charge in [0, 0.05) is 87.5 Å². The molecule has 12 heteroatoms. The lowest BCUT2D eigenvalue weighted by atomic mass is 9.65. The number of hydrogen-bond acceptors (Lipinski definition) is 7. The molecule has 0 aliphatic carbocycles. The van der Waals surface area contributed by atoms with E-state index in [0.29, 0.717) is 65.1 Å². The second-order valence-electron chi connectivity index (χ2n) is 13.2. The Kier molecular flexibility index (Phi) is 9.06. The van der Waals surface area contributed by atoms with Crippen LogP contribution in [0.3, 0.4) is 0 Å². The first kappa shape index (κ1) is 32.7. The van der Waals surface area contributed by atoms with Crippen LogP contribution in [-0.2, 0) is 31.1 Å². The van der Waals surface area contributed by atoms with Gasteiger partial charge in [-0.15, -0.1) is 0 Å². The first-order valence-electron chi connectivity index (χ1n) is 17.2. The highest BCUT2D eigenvalue weighted by Gasteiger charge is 2.59. The van der Waals surface area contributed by atoms with Gasteiger partial charge in [0.2, 0.25) is 17.7 Å². The molecule has 4 aromatic rings. The number of amides is 4. The number of aromatic amines is 1. The maximum absolute atomic E-state index is 14.8. The Morgan fingerprint density at radius 2 is 1.80 bits per heavy atom. The largest absolute Gasteiger partial charge is 0.464 e. The molecular weight excluding hydrogens is 626 g/mol. The minimum Gasteiger partial charge on any atom is -0.464 e.